The predicted molar refractivity (Wildman–Crippen MR) is 79.7 cm³/mol. The van der Waals surface area contributed by atoms with Gasteiger partial charge in [0, 0.05) is 0 Å². The Hall–Kier alpha value is -0.840. The van der Waals surface area contributed by atoms with Crippen LogP contribution in [0, 0.1) is 11.7 Å². The van der Waals surface area contributed by atoms with Gasteiger partial charge < -0.3 is 15.6 Å². The zero-order chi connectivity index (χ0) is 13.8. The lowest BCUT2D eigenvalue weighted by molar-refractivity contribution is 0.0617. The van der Waals surface area contributed by atoms with Crippen molar-refractivity contribution in [3.05, 3.63) is 29.6 Å². The van der Waals surface area contributed by atoms with Crippen LogP contribution in [0.3, 0.4) is 0 Å². The molecule has 1 aromatic rings. The van der Waals surface area contributed by atoms with E-state index in [0.717, 1.165) is 31.2 Å². The van der Waals surface area contributed by atoms with Crippen LogP contribution in [0.15, 0.2) is 18.2 Å². The molecule has 0 amide bonds. The van der Waals surface area contributed by atoms with Gasteiger partial charge in [-0.2, -0.15) is 0 Å². The summed E-state index contributed by atoms with van der Waals surface area (Å²) in [4.78, 5) is 0. The van der Waals surface area contributed by atoms with Crippen molar-refractivity contribution < 1.29 is 14.2 Å². The largest absolute Gasteiger partial charge is 0.494 e. The van der Waals surface area contributed by atoms with E-state index in [4.69, 9.17) is 10.5 Å². The van der Waals surface area contributed by atoms with Crippen LogP contribution in [-0.4, -0.2) is 18.3 Å². The molecule has 3 nitrogen and oxygen atoms in total. The normalized spacial score (nSPS) is 19.0. The molecule has 3 N–H and O–H groups in total. The van der Waals surface area contributed by atoms with E-state index < -0.39 is 18.0 Å². The third-order valence-corrected chi connectivity index (χ3v) is 4.06. The van der Waals surface area contributed by atoms with Gasteiger partial charge in [-0.25, -0.2) is 4.39 Å². The Balaban J connectivity index is 0.00000200. The first-order valence-electron chi connectivity index (χ1n) is 6.90. The maximum Gasteiger partial charge on any atom is 0.165 e. The Morgan fingerprint density at radius 1 is 1.30 bits per heavy atom. The van der Waals surface area contributed by atoms with Crippen molar-refractivity contribution in [2.24, 2.45) is 11.7 Å². The third-order valence-electron chi connectivity index (χ3n) is 4.06. The Kier molecular flexibility index (Phi) is 6.72. The molecule has 2 atom stereocenters. The zero-order valence-electron chi connectivity index (χ0n) is 11.7. The topological polar surface area (TPSA) is 55.5 Å². The number of nitrogens with two attached hydrogens (primary N) is 1. The molecule has 1 aliphatic rings. The van der Waals surface area contributed by atoms with Crippen molar-refractivity contribution >= 4 is 12.4 Å². The molecule has 0 aromatic heterocycles. The predicted octanol–water partition coefficient (Wildman–Crippen LogP) is 3.20. The van der Waals surface area contributed by atoms with Gasteiger partial charge in [0.05, 0.1) is 19.3 Å². The second-order valence-electron chi connectivity index (χ2n) is 5.31. The fourth-order valence-corrected chi connectivity index (χ4v) is 2.85. The number of hydrogen-bond acceptors (Lipinski definition) is 3. The Labute approximate surface area is 125 Å². The van der Waals surface area contributed by atoms with Gasteiger partial charge in [0.1, 0.15) is 0 Å². The van der Waals surface area contributed by atoms with Crippen LogP contribution in [-0.2, 0) is 0 Å². The highest BCUT2D eigenvalue weighted by molar-refractivity contribution is 5.85. The number of aliphatic hydroxyl groups excluding tert-OH is 1. The molecule has 1 saturated carbocycles. The van der Waals surface area contributed by atoms with Crippen LogP contribution in [0.5, 0.6) is 5.75 Å². The Bertz CT molecular complexity index is 424. The van der Waals surface area contributed by atoms with Crippen molar-refractivity contribution in [2.45, 2.75) is 44.2 Å². The van der Waals surface area contributed by atoms with Gasteiger partial charge in [0.2, 0.25) is 0 Å². The molecule has 1 fully saturated rings. The molecule has 5 heteroatoms. The first-order valence-corrected chi connectivity index (χ1v) is 6.90. The van der Waals surface area contributed by atoms with Crippen molar-refractivity contribution in [3.63, 3.8) is 0 Å². The average molecular weight is 304 g/mol. The quantitative estimate of drug-likeness (QED) is 0.898. The highest BCUT2D eigenvalue weighted by atomic mass is 35.5. The van der Waals surface area contributed by atoms with Crippen LogP contribution in [0.2, 0.25) is 0 Å². The van der Waals surface area contributed by atoms with Crippen molar-refractivity contribution in [1.29, 1.82) is 0 Å². The average Bonchev–Trinajstić information content (AvgIpc) is 2.47. The summed E-state index contributed by atoms with van der Waals surface area (Å²) in [5.74, 6) is 0.00852. The fraction of sp³-hybridized carbons (Fsp3) is 0.600. The molecular formula is C15H23ClFNO2. The van der Waals surface area contributed by atoms with E-state index in [1.54, 1.807) is 12.1 Å². The van der Waals surface area contributed by atoms with E-state index in [0.29, 0.717) is 0 Å². The van der Waals surface area contributed by atoms with E-state index in [1.165, 1.54) is 19.6 Å². The van der Waals surface area contributed by atoms with E-state index in [9.17, 15) is 9.50 Å². The Morgan fingerprint density at radius 3 is 2.55 bits per heavy atom. The minimum Gasteiger partial charge on any atom is -0.494 e. The van der Waals surface area contributed by atoms with E-state index in [-0.39, 0.29) is 24.1 Å². The molecule has 1 aliphatic carbocycles. The smallest absolute Gasteiger partial charge is 0.165 e. The summed E-state index contributed by atoms with van der Waals surface area (Å²) in [6, 6.07) is 4.04. The van der Waals surface area contributed by atoms with E-state index in [1.807, 2.05) is 0 Å². The summed E-state index contributed by atoms with van der Waals surface area (Å²) < 4.78 is 18.3. The first kappa shape index (κ1) is 17.2. The zero-order valence-corrected chi connectivity index (χ0v) is 12.5. The lowest BCUT2D eigenvalue weighted by Crippen LogP contribution is -2.34. The molecule has 0 heterocycles. The molecule has 2 rings (SSSR count). The van der Waals surface area contributed by atoms with Crippen LogP contribution < -0.4 is 10.5 Å². The standard InChI is InChI=1S/C15H22FNO2.ClH/c1-19-13-9-11(7-8-12(13)16)14(17)15(18)10-5-3-2-4-6-10;/h7-10,14-15,18H,2-6,17H2,1H3;1H/t14-,15+;/m1./s1. The summed E-state index contributed by atoms with van der Waals surface area (Å²) in [5, 5.41) is 10.4. The minimum absolute atomic E-state index is 0. The molecule has 0 saturated heterocycles. The number of benzene rings is 1. The number of methoxy groups -OCH3 is 1. The molecule has 0 radical (unpaired) electrons. The molecule has 20 heavy (non-hydrogen) atoms. The van der Waals surface area contributed by atoms with E-state index >= 15 is 0 Å². The number of hydrogen-bond donors (Lipinski definition) is 2. The monoisotopic (exact) mass is 303 g/mol. The SMILES string of the molecule is COc1cc([C@@H](N)[C@@H](O)C2CCCCC2)ccc1F.Cl. The minimum atomic E-state index is -0.574. The molecule has 0 spiro atoms. The van der Waals surface area contributed by atoms with Crippen molar-refractivity contribution in [1.82, 2.24) is 0 Å². The summed E-state index contributed by atoms with van der Waals surface area (Å²) in [6.07, 6.45) is 5.02. The van der Waals surface area contributed by atoms with E-state index in [2.05, 4.69) is 0 Å². The van der Waals surface area contributed by atoms with Gasteiger partial charge in [0.25, 0.3) is 0 Å². The van der Waals surface area contributed by atoms with Crippen LogP contribution in [0.25, 0.3) is 0 Å². The van der Waals surface area contributed by atoms with Gasteiger partial charge in [-0.3, -0.25) is 0 Å². The Morgan fingerprint density at radius 2 is 1.95 bits per heavy atom. The number of rotatable bonds is 4. The summed E-state index contributed by atoms with van der Waals surface area (Å²) in [7, 11) is 1.42. The number of halogens is 2. The van der Waals surface area contributed by atoms with Gasteiger partial charge in [-0.1, -0.05) is 25.3 Å². The lowest BCUT2D eigenvalue weighted by atomic mass is 9.81. The van der Waals surface area contributed by atoms with Gasteiger partial charge in [-0.15, -0.1) is 12.4 Å². The van der Waals surface area contributed by atoms with Gasteiger partial charge in [0.15, 0.2) is 11.6 Å². The molecule has 114 valence electrons. The third kappa shape index (κ3) is 3.84. The van der Waals surface area contributed by atoms with Crippen LogP contribution >= 0.6 is 12.4 Å². The molecule has 0 bridgehead atoms. The first-order chi connectivity index (χ1) is 9.13. The second kappa shape index (κ2) is 7.81. The summed E-state index contributed by atoms with van der Waals surface area (Å²) in [5.41, 5.74) is 6.83. The van der Waals surface area contributed by atoms with Crippen molar-refractivity contribution in [2.75, 3.05) is 7.11 Å². The summed E-state index contributed by atoms with van der Waals surface area (Å²) in [6.45, 7) is 0. The second-order valence-corrected chi connectivity index (χ2v) is 5.31. The molecule has 0 unspecified atom stereocenters. The van der Waals surface area contributed by atoms with Gasteiger partial charge >= 0.3 is 0 Å². The lowest BCUT2D eigenvalue weighted by Gasteiger charge is -2.30. The van der Waals surface area contributed by atoms with Crippen molar-refractivity contribution in [3.8, 4) is 5.75 Å². The number of ether oxygens (including phenoxy) is 1. The fourth-order valence-electron chi connectivity index (χ4n) is 2.85. The van der Waals surface area contributed by atoms with Gasteiger partial charge in [-0.05, 0) is 36.5 Å². The maximum atomic E-state index is 13.4. The molecule has 1 aromatic carbocycles. The maximum absolute atomic E-state index is 13.4. The highest BCUT2D eigenvalue weighted by Crippen LogP contribution is 2.32. The van der Waals surface area contributed by atoms with Crippen LogP contribution in [0.4, 0.5) is 4.39 Å². The summed E-state index contributed by atoms with van der Waals surface area (Å²) >= 11 is 0. The molecule has 0 aliphatic heterocycles. The highest BCUT2D eigenvalue weighted by Gasteiger charge is 2.28. The van der Waals surface area contributed by atoms with Crippen LogP contribution in [0.1, 0.15) is 43.7 Å². The molecular weight excluding hydrogens is 281 g/mol. The number of aliphatic hydroxyl groups is 1.